The van der Waals surface area contributed by atoms with Crippen LogP contribution in [0.3, 0.4) is 0 Å². The van der Waals surface area contributed by atoms with Crippen molar-refractivity contribution in [1.82, 2.24) is 5.43 Å². The maximum atomic E-state index is 12.4. The van der Waals surface area contributed by atoms with Crippen molar-refractivity contribution >= 4 is 39.4 Å². The number of carbonyl (C=O) groups excluding carboxylic acids is 1. The van der Waals surface area contributed by atoms with Crippen molar-refractivity contribution in [2.24, 2.45) is 5.10 Å². The van der Waals surface area contributed by atoms with E-state index in [9.17, 15) is 13.2 Å². The van der Waals surface area contributed by atoms with Crippen LogP contribution in [0, 0.1) is 6.92 Å². The summed E-state index contributed by atoms with van der Waals surface area (Å²) in [4.78, 5) is 12.3. The summed E-state index contributed by atoms with van der Waals surface area (Å²) in [6.45, 7) is 1.88. The first-order valence-electron chi connectivity index (χ1n) is 8.63. The first kappa shape index (κ1) is 20.6. The molecule has 0 bridgehead atoms. The third-order valence-corrected chi connectivity index (χ3v) is 5.75. The number of sulfonamides is 1. The van der Waals surface area contributed by atoms with Crippen LogP contribution < -0.4 is 10.1 Å². The molecule has 0 spiro atoms. The van der Waals surface area contributed by atoms with Crippen molar-refractivity contribution in [1.29, 1.82) is 0 Å². The maximum Gasteiger partial charge on any atom is 0.271 e. The summed E-state index contributed by atoms with van der Waals surface area (Å²) in [5, 5.41) is 4.41. The van der Waals surface area contributed by atoms with Crippen LogP contribution >= 0.6 is 11.6 Å². The molecule has 0 fully saturated rings. The van der Waals surface area contributed by atoms with E-state index in [1.165, 1.54) is 42.6 Å². The number of amides is 1. The van der Waals surface area contributed by atoms with Gasteiger partial charge in [-0.3, -0.25) is 9.52 Å². The van der Waals surface area contributed by atoms with E-state index in [0.717, 1.165) is 5.56 Å². The quantitative estimate of drug-likeness (QED) is 0.456. The number of benzene rings is 3. The number of hydrogen-bond acceptors (Lipinski definition) is 4. The van der Waals surface area contributed by atoms with Crippen LogP contribution in [0.25, 0.3) is 0 Å². The maximum absolute atomic E-state index is 12.4. The molecular formula is C21H18ClN3O3S. The van der Waals surface area contributed by atoms with Crippen LogP contribution in [0.1, 0.15) is 21.5 Å². The summed E-state index contributed by atoms with van der Waals surface area (Å²) in [6, 6.07) is 19.7. The number of hydrogen-bond donors (Lipinski definition) is 2. The van der Waals surface area contributed by atoms with Crippen LogP contribution in [0.4, 0.5) is 5.69 Å². The zero-order valence-electron chi connectivity index (χ0n) is 15.5. The minimum absolute atomic E-state index is 0.166. The number of anilines is 1. The predicted molar refractivity (Wildman–Crippen MR) is 115 cm³/mol. The first-order valence-corrected chi connectivity index (χ1v) is 10.5. The second-order valence-corrected chi connectivity index (χ2v) is 8.31. The molecule has 0 saturated carbocycles. The number of hydrazone groups is 1. The Kier molecular flexibility index (Phi) is 6.31. The molecule has 0 atom stereocenters. The minimum Gasteiger partial charge on any atom is -0.280 e. The largest absolute Gasteiger partial charge is 0.280 e. The molecule has 148 valence electrons. The van der Waals surface area contributed by atoms with Crippen molar-refractivity contribution in [2.75, 3.05) is 4.72 Å². The fourth-order valence-corrected chi connectivity index (χ4v) is 3.67. The SMILES string of the molecule is Cc1ccc(S(=O)(=O)Nc2ccc(C(=O)N/N=C\c3ccccc3Cl)cc2)cc1. The monoisotopic (exact) mass is 427 g/mol. The normalized spacial score (nSPS) is 11.4. The summed E-state index contributed by atoms with van der Waals surface area (Å²) in [5.74, 6) is -0.429. The fraction of sp³-hybridized carbons (Fsp3) is 0.0476. The van der Waals surface area contributed by atoms with Gasteiger partial charge in [-0.25, -0.2) is 13.8 Å². The Morgan fingerprint density at radius 2 is 1.62 bits per heavy atom. The Labute approximate surface area is 174 Å². The lowest BCUT2D eigenvalue weighted by atomic mass is 10.2. The van der Waals surface area contributed by atoms with E-state index < -0.39 is 15.9 Å². The van der Waals surface area contributed by atoms with Gasteiger partial charge < -0.3 is 0 Å². The van der Waals surface area contributed by atoms with Crippen molar-refractivity contribution in [2.45, 2.75) is 11.8 Å². The van der Waals surface area contributed by atoms with E-state index in [4.69, 9.17) is 11.6 Å². The van der Waals surface area contributed by atoms with Crippen LogP contribution in [0.2, 0.25) is 5.02 Å². The van der Waals surface area contributed by atoms with Gasteiger partial charge in [-0.05, 0) is 49.4 Å². The van der Waals surface area contributed by atoms with Crippen molar-refractivity contribution in [3.63, 3.8) is 0 Å². The number of aryl methyl sites for hydroxylation is 1. The summed E-state index contributed by atoms with van der Waals surface area (Å²) >= 11 is 6.02. The third-order valence-electron chi connectivity index (χ3n) is 4.01. The molecule has 2 N–H and O–H groups in total. The molecule has 0 saturated heterocycles. The minimum atomic E-state index is -3.70. The van der Waals surface area contributed by atoms with Gasteiger partial charge in [0.1, 0.15) is 0 Å². The standard InChI is InChI=1S/C21H18ClN3O3S/c1-15-6-12-19(13-7-15)29(27,28)25-18-10-8-16(9-11-18)21(26)24-23-14-17-4-2-3-5-20(17)22/h2-14,25H,1H3,(H,24,26)/b23-14-. The smallest absolute Gasteiger partial charge is 0.271 e. The molecule has 0 heterocycles. The Morgan fingerprint density at radius 3 is 2.28 bits per heavy atom. The molecule has 0 aliphatic carbocycles. The van der Waals surface area contributed by atoms with E-state index >= 15 is 0 Å². The van der Waals surface area contributed by atoms with Crippen LogP contribution in [-0.2, 0) is 10.0 Å². The summed E-state index contributed by atoms with van der Waals surface area (Å²) in [5.41, 5.74) is 4.73. The highest BCUT2D eigenvalue weighted by molar-refractivity contribution is 7.92. The Hall–Kier alpha value is -3.16. The van der Waals surface area contributed by atoms with Gasteiger partial charge in [0.2, 0.25) is 0 Å². The fourth-order valence-electron chi connectivity index (χ4n) is 2.43. The Balaban J connectivity index is 1.64. The van der Waals surface area contributed by atoms with Crippen molar-refractivity contribution in [3.05, 3.63) is 94.5 Å². The highest BCUT2D eigenvalue weighted by Crippen LogP contribution is 2.17. The van der Waals surface area contributed by atoms with Gasteiger partial charge in [0.25, 0.3) is 15.9 Å². The van der Waals surface area contributed by atoms with Gasteiger partial charge in [0.15, 0.2) is 0 Å². The molecule has 0 aromatic heterocycles. The summed E-state index contributed by atoms with van der Waals surface area (Å²) in [6.07, 6.45) is 1.45. The second-order valence-electron chi connectivity index (χ2n) is 6.22. The molecule has 3 aromatic carbocycles. The molecule has 0 radical (unpaired) electrons. The van der Waals surface area contributed by atoms with Crippen LogP contribution in [0.5, 0.6) is 0 Å². The predicted octanol–water partition coefficient (Wildman–Crippen LogP) is 4.21. The van der Waals surface area contributed by atoms with E-state index in [-0.39, 0.29) is 4.90 Å². The van der Waals surface area contributed by atoms with Crippen LogP contribution in [-0.4, -0.2) is 20.5 Å². The lowest BCUT2D eigenvalue weighted by Gasteiger charge is -2.09. The average Bonchev–Trinajstić information content (AvgIpc) is 2.70. The molecule has 0 aliphatic rings. The highest BCUT2D eigenvalue weighted by atomic mass is 35.5. The molecule has 1 amide bonds. The third kappa shape index (κ3) is 5.43. The molecular weight excluding hydrogens is 410 g/mol. The van der Waals surface area contributed by atoms with Gasteiger partial charge in [-0.1, -0.05) is 47.5 Å². The number of nitrogens with zero attached hydrogens (tertiary/aromatic N) is 1. The summed E-state index contributed by atoms with van der Waals surface area (Å²) < 4.78 is 27.3. The topological polar surface area (TPSA) is 87.6 Å². The average molecular weight is 428 g/mol. The van der Waals surface area contributed by atoms with Gasteiger partial charge >= 0.3 is 0 Å². The highest BCUT2D eigenvalue weighted by Gasteiger charge is 2.14. The number of nitrogens with one attached hydrogen (secondary N) is 2. The van der Waals surface area contributed by atoms with Gasteiger partial charge in [-0.15, -0.1) is 0 Å². The first-order chi connectivity index (χ1) is 13.8. The lowest BCUT2D eigenvalue weighted by Crippen LogP contribution is -2.18. The van der Waals surface area contributed by atoms with E-state index in [1.54, 1.807) is 30.3 Å². The molecule has 3 rings (SSSR count). The zero-order valence-corrected chi connectivity index (χ0v) is 17.0. The molecule has 8 heteroatoms. The van der Waals surface area contributed by atoms with Gasteiger partial charge in [0.05, 0.1) is 11.1 Å². The van der Waals surface area contributed by atoms with E-state index in [1.807, 2.05) is 13.0 Å². The Bertz CT molecular complexity index is 1140. The number of rotatable bonds is 6. The molecule has 3 aromatic rings. The van der Waals surface area contributed by atoms with Crippen molar-refractivity contribution < 1.29 is 13.2 Å². The zero-order chi connectivity index (χ0) is 20.9. The number of carbonyl (C=O) groups is 1. The van der Waals surface area contributed by atoms with E-state index in [2.05, 4.69) is 15.2 Å². The molecule has 0 unspecified atom stereocenters. The lowest BCUT2D eigenvalue weighted by molar-refractivity contribution is 0.0955. The molecule has 0 aliphatic heterocycles. The van der Waals surface area contributed by atoms with E-state index in [0.29, 0.717) is 21.8 Å². The van der Waals surface area contributed by atoms with Gasteiger partial charge in [0, 0.05) is 21.8 Å². The van der Waals surface area contributed by atoms with Gasteiger partial charge in [-0.2, -0.15) is 5.10 Å². The second kappa shape index (κ2) is 8.89. The number of halogens is 1. The van der Waals surface area contributed by atoms with Crippen molar-refractivity contribution in [3.8, 4) is 0 Å². The van der Waals surface area contributed by atoms with Crippen LogP contribution in [0.15, 0.2) is 82.8 Å². The molecule has 29 heavy (non-hydrogen) atoms. The Morgan fingerprint density at radius 1 is 0.966 bits per heavy atom. The summed E-state index contributed by atoms with van der Waals surface area (Å²) in [7, 11) is -3.70. The molecule has 6 nitrogen and oxygen atoms in total.